The quantitative estimate of drug-likeness (QED) is 0.763. The normalized spacial score (nSPS) is 21.6. The fraction of sp³-hybridized carbons (Fsp3) is 0.611. The van der Waals surface area contributed by atoms with Crippen LogP contribution in [0.5, 0.6) is 0 Å². The lowest BCUT2D eigenvalue weighted by molar-refractivity contribution is -0.122. The Bertz CT molecular complexity index is 556. The molecule has 24 heavy (non-hydrogen) atoms. The van der Waals surface area contributed by atoms with Gasteiger partial charge in [0.1, 0.15) is 11.5 Å². The highest BCUT2D eigenvalue weighted by atomic mass is 35.5. The van der Waals surface area contributed by atoms with Crippen LogP contribution in [0.4, 0.5) is 0 Å². The molecule has 0 radical (unpaired) electrons. The molecule has 5 nitrogen and oxygen atoms in total. The number of allylic oxidation sites excluding steroid dienone is 1. The smallest absolute Gasteiger partial charge is 0.222 e. The van der Waals surface area contributed by atoms with Gasteiger partial charge in [0, 0.05) is 33.2 Å². The molecule has 0 unspecified atom stereocenters. The van der Waals surface area contributed by atoms with E-state index in [4.69, 9.17) is 9.15 Å². The molecule has 0 saturated carbocycles. The molecule has 1 amide bonds. The van der Waals surface area contributed by atoms with Crippen molar-refractivity contribution in [3.63, 3.8) is 0 Å². The SMILES string of the molecule is CC=C(C)CN1C[C@H](NC(=O)CCOC)[C@@H](c2ccc(C)o2)C1.Cl. The second-order valence-electron chi connectivity index (χ2n) is 6.30. The molecule has 1 aliphatic rings. The molecule has 0 bridgehead atoms. The molecule has 136 valence electrons. The molecular formula is C18H29ClN2O3. The van der Waals surface area contributed by atoms with Crippen LogP contribution in [0.25, 0.3) is 0 Å². The molecule has 1 saturated heterocycles. The summed E-state index contributed by atoms with van der Waals surface area (Å²) in [7, 11) is 1.61. The zero-order valence-electron chi connectivity index (χ0n) is 15.0. The first kappa shape index (κ1) is 20.7. The van der Waals surface area contributed by atoms with E-state index in [0.717, 1.165) is 31.2 Å². The van der Waals surface area contributed by atoms with Crippen molar-refractivity contribution < 1.29 is 13.9 Å². The standard InChI is InChI=1S/C18H28N2O3.ClH/c1-5-13(2)10-20-11-15(17-7-6-14(3)23-17)16(12-20)19-18(21)8-9-22-4;/h5-7,15-16H,8-12H2,1-4H3,(H,19,21);1H/t15-,16-;/m0./s1. The Morgan fingerprint density at radius 1 is 1.46 bits per heavy atom. The van der Waals surface area contributed by atoms with E-state index in [-0.39, 0.29) is 30.3 Å². The van der Waals surface area contributed by atoms with Gasteiger partial charge in [-0.15, -0.1) is 12.4 Å². The third-order valence-corrected chi connectivity index (χ3v) is 4.37. The van der Waals surface area contributed by atoms with Crippen molar-refractivity contribution in [3.05, 3.63) is 35.3 Å². The van der Waals surface area contributed by atoms with Crippen molar-refractivity contribution in [2.24, 2.45) is 0 Å². The van der Waals surface area contributed by atoms with Crippen LogP contribution in [-0.4, -0.2) is 50.2 Å². The number of nitrogens with one attached hydrogen (secondary N) is 1. The van der Waals surface area contributed by atoms with Gasteiger partial charge in [0.05, 0.1) is 18.6 Å². The van der Waals surface area contributed by atoms with E-state index in [1.54, 1.807) is 7.11 Å². The summed E-state index contributed by atoms with van der Waals surface area (Å²) in [5.74, 6) is 2.10. The number of rotatable bonds is 7. The molecule has 0 aliphatic carbocycles. The minimum atomic E-state index is 0. The largest absolute Gasteiger partial charge is 0.466 e. The van der Waals surface area contributed by atoms with Crippen molar-refractivity contribution >= 4 is 18.3 Å². The van der Waals surface area contributed by atoms with Gasteiger partial charge in [0.25, 0.3) is 0 Å². The van der Waals surface area contributed by atoms with Gasteiger partial charge >= 0.3 is 0 Å². The average molecular weight is 357 g/mol. The van der Waals surface area contributed by atoms with Gasteiger partial charge in [0.15, 0.2) is 0 Å². The summed E-state index contributed by atoms with van der Waals surface area (Å²) >= 11 is 0. The Kier molecular flexibility index (Phi) is 8.53. The van der Waals surface area contributed by atoms with Gasteiger partial charge in [-0.25, -0.2) is 0 Å². The predicted molar refractivity (Wildman–Crippen MR) is 97.7 cm³/mol. The predicted octanol–water partition coefficient (Wildman–Crippen LogP) is 2.90. The number of furan rings is 1. The van der Waals surface area contributed by atoms with E-state index in [2.05, 4.69) is 30.1 Å². The summed E-state index contributed by atoms with van der Waals surface area (Å²) in [6.45, 7) is 9.26. The van der Waals surface area contributed by atoms with E-state index in [1.165, 1.54) is 5.57 Å². The Labute approximate surface area is 150 Å². The topological polar surface area (TPSA) is 54.7 Å². The Morgan fingerprint density at radius 3 is 2.79 bits per heavy atom. The van der Waals surface area contributed by atoms with Gasteiger partial charge in [-0.3, -0.25) is 9.69 Å². The number of carbonyl (C=O) groups excluding carboxylic acids is 1. The van der Waals surface area contributed by atoms with Crippen molar-refractivity contribution in [1.82, 2.24) is 10.2 Å². The van der Waals surface area contributed by atoms with Crippen molar-refractivity contribution in [3.8, 4) is 0 Å². The molecule has 1 aromatic heterocycles. The minimum Gasteiger partial charge on any atom is -0.466 e. The van der Waals surface area contributed by atoms with Gasteiger partial charge in [-0.05, 0) is 32.9 Å². The molecule has 1 aromatic rings. The summed E-state index contributed by atoms with van der Waals surface area (Å²) < 4.78 is 10.8. The minimum absolute atomic E-state index is 0. The molecule has 1 N–H and O–H groups in total. The van der Waals surface area contributed by atoms with Gasteiger partial charge < -0.3 is 14.5 Å². The fourth-order valence-electron chi connectivity index (χ4n) is 3.02. The second kappa shape index (κ2) is 9.87. The molecule has 0 aromatic carbocycles. The lowest BCUT2D eigenvalue weighted by Crippen LogP contribution is -2.40. The third-order valence-electron chi connectivity index (χ3n) is 4.37. The van der Waals surface area contributed by atoms with E-state index < -0.39 is 0 Å². The number of ether oxygens (including phenoxy) is 1. The number of hydrogen-bond acceptors (Lipinski definition) is 4. The number of nitrogens with zero attached hydrogens (tertiary/aromatic N) is 1. The highest BCUT2D eigenvalue weighted by Crippen LogP contribution is 2.29. The number of aryl methyl sites for hydroxylation is 1. The van der Waals surface area contributed by atoms with Crippen LogP contribution >= 0.6 is 12.4 Å². The number of halogens is 1. The highest BCUT2D eigenvalue weighted by Gasteiger charge is 2.36. The molecule has 1 aliphatic heterocycles. The number of likely N-dealkylation sites (tertiary alicyclic amines) is 1. The fourth-order valence-corrected chi connectivity index (χ4v) is 3.02. The van der Waals surface area contributed by atoms with E-state index in [1.807, 2.05) is 19.1 Å². The van der Waals surface area contributed by atoms with Gasteiger partial charge in [-0.2, -0.15) is 0 Å². The maximum atomic E-state index is 12.1. The number of hydrogen-bond donors (Lipinski definition) is 1. The monoisotopic (exact) mass is 356 g/mol. The summed E-state index contributed by atoms with van der Waals surface area (Å²) in [6, 6.07) is 4.09. The first-order chi connectivity index (χ1) is 11.0. The Morgan fingerprint density at radius 2 is 2.21 bits per heavy atom. The molecule has 6 heteroatoms. The number of amides is 1. The van der Waals surface area contributed by atoms with Gasteiger partial charge in [-0.1, -0.05) is 11.6 Å². The third kappa shape index (κ3) is 5.65. The van der Waals surface area contributed by atoms with Crippen molar-refractivity contribution in [2.75, 3.05) is 33.4 Å². The summed E-state index contributed by atoms with van der Waals surface area (Å²) in [6.07, 6.45) is 2.53. The zero-order chi connectivity index (χ0) is 16.8. The van der Waals surface area contributed by atoms with Gasteiger partial charge in [0.2, 0.25) is 5.91 Å². The van der Waals surface area contributed by atoms with Crippen LogP contribution in [-0.2, 0) is 9.53 Å². The first-order valence-electron chi connectivity index (χ1n) is 8.22. The van der Waals surface area contributed by atoms with Crippen molar-refractivity contribution in [1.29, 1.82) is 0 Å². The van der Waals surface area contributed by atoms with E-state index in [9.17, 15) is 4.79 Å². The summed E-state index contributed by atoms with van der Waals surface area (Å²) in [4.78, 5) is 14.4. The highest BCUT2D eigenvalue weighted by molar-refractivity contribution is 5.85. The second-order valence-corrected chi connectivity index (χ2v) is 6.30. The molecule has 2 rings (SSSR count). The molecule has 2 atom stereocenters. The van der Waals surface area contributed by atoms with Crippen LogP contribution in [0.3, 0.4) is 0 Å². The number of methoxy groups -OCH3 is 1. The maximum Gasteiger partial charge on any atom is 0.222 e. The van der Waals surface area contributed by atoms with Crippen LogP contribution in [0, 0.1) is 6.92 Å². The summed E-state index contributed by atoms with van der Waals surface area (Å²) in [5.41, 5.74) is 1.34. The lowest BCUT2D eigenvalue weighted by Gasteiger charge is -2.18. The van der Waals surface area contributed by atoms with Crippen LogP contribution in [0.15, 0.2) is 28.2 Å². The summed E-state index contributed by atoms with van der Waals surface area (Å²) in [5, 5.41) is 3.15. The molecular weight excluding hydrogens is 328 g/mol. The molecule has 0 spiro atoms. The zero-order valence-corrected chi connectivity index (χ0v) is 15.8. The average Bonchev–Trinajstić information content (AvgIpc) is 3.11. The lowest BCUT2D eigenvalue weighted by atomic mass is 10.0. The number of carbonyl (C=O) groups is 1. The maximum absolute atomic E-state index is 12.1. The van der Waals surface area contributed by atoms with E-state index in [0.29, 0.717) is 13.0 Å². The van der Waals surface area contributed by atoms with Crippen LogP contribution < -0.4 is 5.32 Å². The Hall–Kier alpha value is -1.30. The molecule has 1 fully saturated rings. The first-order valence-corrected chi connectivity index (χ1v) is 8.22. The van der Waals surface area contributed by atoms with Crippen LogP contribution in [0.2, 0.25) is 0 Å². The molecule has 2 heterocycles. The van der Waals surface area contributed by atoms with Crippen molar-refractivity contribution in [2.45, 2.75) is 39.2 Å². The Balaban J connectivity index is 0.00000288. The van der Waals surface area contributed by atoms with Crippen LogP contribution in [0.1, 0.15) is 37.7 Å². The van der Waals surface area contributed by atoms with E-state index >= 15 is 0 Å².